The molecule has 1 heterocycles. The SMILES string of the molecule is CCCC(NCCCCc1ccccc1)c1cccs1. The van der Waals surface area contributed by atoms with E-state index < -0.39 is 0 Å². The second kappa shape index (κ2) is 8.93. The molecular formula is C18H25NS. The molecule has 108 valence electrons. The van der Waals surface area contributed by atoms with Gasteiger partial charge >= 0.3 is 0 Å². The Bertz CT molecular complexity index is 450. The predicted octanol–water partition coefficient (Wildman–Crippen LogP) is 5.20. The van der Waals surface area contributed by atoms with Crippen LogP contribution in [0.4, 0.5) is 0 Å². The summed E-state index contributed by atoms with van der Waals surface area (Å²) in [5.41, 5.74) is 1.45. The first-order chi connectivity index (χ1) is 9.90. The van der Waals surface area contributed by atoms with Crippen LogP contribution in [0, 0.1) is 0 Å². The van der Waals surface area contributed by atoms with E-state index in [2.05, 4.69) is 60.1 Å². The summed E-state index contributed by atoms with van der Waals surface area (Å²) in [5, 5.41) is 5.90. The summed E-state index contributed by atoms with van der Waals surface area (Å²) < 4.78 is 0. The number of benzene rings is 1. The van der Waals surface area contributed by atoms with Crippen molar-refractivity contribution in [3.8, 4) is 0 Å². The van der Waals surface area contributed by atoms with Crippen molar-refractivity contribution in [1.29, 1.82) is 0 Å². The number of nitrogens with one attached hydrogen (secondary N) is 1. The molecule has 0 bridgehead atoms. The second-order valence-electron chi connectivity index (χ2n) is 5.25. The Morgan fingerprint density at radius 2 is 1.90 bits per heavy atom. The maximum Gasteiger partial charge on any atom is 0.0414 e. The van der Waals surface area contributed by atoms with Crippen molar-refractivity contribution in [2.24, 2.45) is 0 Å². The number of unbranched alkanes of at least 4 members (excludes halogenated alkanes) is 1. The Morgan fingerprint density at radius 3 is 2.60 bits per heavy atom. The highest BCUT2D eigenvalue weighted by Gasteiger charge is 2.09. The summed E-state index contributed by atoms with van der Waals surface area (Å²) in [6.45, 7) is 3.38. The van der Waals surface area contributed by atoms with Crippen molar-refractivity contribution in [1.82, 2.24) is 5.32 Å². The fraction of sp³-hybridized carbons (Fsp3) is 0.444. The summed E-state index contributed by atoms with van der Waals surface area (Å²) in [6, 6.07) is 15.7. The number of hydrogen-bond donors (Lipinski definition) is 1. The topological polar surface area (TPSA) is 12.0 Å². The molecular weight excluding hydrogens is 262 g/mol. The first kappa shape index (κ1) is 15.3. The zero-order valence-electron chi connectivity index (χ0n) is 12.3. The van der Waals surface area contributed by atoms with E-state index in [1.807, 2.05) is 11.3 Å². The molecule has 20 heavy (non-hydrogen) atoms. The van der Waals surface area contributed by atoms with Crippen molar-refractivity contribution < 1.29 is 0 Å². The van der Waals surface area contributed by atoms with Crippen molar-refractivity contribution in [3.63, 3.8) is 0 Å². The molecule has 0 aliphatic carbocycles. The first-order valence-electron chi connectivity index (χ1n) is 7.71. The second-order valence-corrected chi connectivity index (χ2v) is 6.23. The summed E-state index contributed by atoms with van der Waals surface area (Å²) in [6.07, 6.45) is 6.18. The number of hydrogen-bond acceptors (Lipinski definition) is 2. The molecule has 0 spiro atoms. The van der Waals surface area contributed by atoms with Gasteiger partial charge in [-0.25, -0.2) is 0 Å². The minimum absolute atomic E-state index is 0.553. The minimum atomic E-state index is 0.553. The lowest BCUT2D eigenvalue weighted by molar-refractivity contribution is 0.488. The van der Waals surface area contributed by atoms with Crippen molar-refractivity contribution >= 4 is 11.3 Å². The largest absolute Gasteiger partial charge is 0.309 e. The van der Waals surface area contributed by atoms with Gasteiger partial charge in [0.05, 0.1) is 0 Å². The highest BCUT2D eigenvalue weighted by atomic mass is 32.1. The van der Waals surface area contributed by atoms with Gasteiger partial charge in [-0.05, 0) is 49.2 Å². The van der Waals surface area contributed by atoms with E-state index in [0.717, 1.165) is 6.54 Å². The molecule has 0 amide bonds. The maximum atomic E-state index is 3.72. The zero-order valence-corrected chi connectivity index (χ0v) is 13.2. The molecule has 1 N–H and O–H groups in total. The standard InChI is InChI=1S/C18H25NS/c1-2-9-17(18-13-8-15-20-18)19-14-7-6-12-16-10-4-3-5-11-16/h3-5,8,10-11,13,15,17,19H,2,6-7,9,12,14H2,1H3. The lowest BCUT2D eigenvalue weighted by Gasteiger charge is -2.16. The maximum absolute atomic E-state index is 3.72. The van der Waals surface area contributed by atoms with Crippen LogP contribution in [0.25, 0.3) is 0 Å². The van der Waals surface area contributed by atoms with Crippen LogP contribution in [0.2, 0.25) is 0 Å². The van der Waals surface area contributed by atoms with Gasteiger partial charge in [-0.3, -0.25) is 0 Å². The van der Waals surface area contributed by atoms with E-state index in [1.165, 1.54) is 42.5 Å². The third kappa shape index (κ3) is 5.10. The smallest absolute Gasteiger partial charge is 0.0414 e. The van der Waals surface area contributed by atoms with Gasteiger partial charge in [0, 0.05) is 10.9 Å². The summed E-state index contributed by atoms with van der Waals surface area (Å²) in [4.78, 5) is 1.48. The number of aryl methyl sites for hydroxylation is 1. The van der Waals surface area contributed by atoms with E-state index in [4.69, 9.17) is 0 Å². The van der Waals surface area contributed by atoms with E-state index >= 15 is 0 Å². The lowest BCUT2D eigenvalue weighted by Crippen LogP contribution is -2.21. The molecule has 0 aliphatic heterocycles. The fourth-order valence-corrected chi connectivity index (χ4v) is 3.34. The van der Waals surface area contributed by atoms with Gasteiger partial charge in [0.25, 0.3) is 0 Å². The molecule has 0 aliphatic rings. The molecule has 0 radical (unpaired) electrons. The van der Waals surface area contributed by atoms with Crippen LogP contribution in [0.1, 0.15) is 49.1 Å². The van der Waals surface area contributed by atoms with Gasteiger partial charge in [0.1, 0.15) is 0 Å². The molecule has 1 unspecified atom stereocenters. The summed E-state index contributed by atoms with van der Waals surface area (Å²) >= 11 is 1.87. The molecule has 1 nitrogen and oxygen atoms in total. The van der Waals surface area contributed by atoms with E-state index in [0.29, 0.717) is 6.04 Å². The molecule has 1 aromatic carbocycles. The Hall–Kier alpha value is -1.12. The normalized spacial score (nSPS) is 12.4. The van der Waals surface area contributed by atoms with Crippen LogP contribution in [0.15, 0.2) is 47.8 Å². The predicted molar refractivity (Wildman–Crippen MR) is 89.4 cm³/mol. The Balaban J connectivity index is 1.66. The van der Waals surface area contributed by atoms with Crippen LogP contribution in [0.5, 0.6) is 0 Å². The average molecular weight is 287 g/mol. The monoisotopic (exact) mass is 287 g/mol. The highest BCUT2D eigenvalue weighted by molar-refractivity contribution is 7.10. The van der Waals surface area contributed by atoms with Crippen LogP contribution >= 0.6 is 11.3 Å². The summed E-state index contributed by atoms with van der Waals surface area (Å²) in [7, 11) is 0. The molecule has 2 rings (SSSR count). The van der Waals surface area contributed by atoms with Gasteiger partial charge in [-0.15, -0.1) is 11.3 Å². The lowest BCUT2D eigenvalue weighted by atomic mass is 10.1. The number of rotatable bonds is 9. The van der Waals surface area contributed by atoms with Gasteiger partial charge in [0.15, 0.2) is 0 Å². The fourth-order valence-electron chi connectivity index (χ4n) is 2.50. The first-order valence-corrected chi connectivity index (χ1v) is 8.59. The minimum Gasteiger partial charge on any atom is -0.309 e. The molecule has 0 saturated heterocycles. The van der Waals surface area contributed by atoms with Crippen LogP contribution in [-0.2, 0) is 6.42 Å². The van der Waals surface area contributed by atoms with E-state index in [9.17, 15) is 0 Å². The third-order valence-electron chi connectivity index (χ3n) is 3.59. The van der Waals surface area contributed by atoms with E-state index in [-0.39, 0.29) is 0 Å². The van der Waals surface area contributed by atoms with Crippen LogP contribution in [0.3, 0.4) is 0 Å². The van der Waals surface area contributed by atoms with Crippen LogP contribution < -0.4 is 5.32 Å². The van der Waals surface area contributed by atoms with Crippen molar-refractivity contribution in [3.05, 3.63) is 58.3 Å². The molecule has 2 aromatic rings. The van der Waals surface area contributed by atoms with Crippen LogP contribution in [-0.4, -0.2) is 6.54 Å². The van der Waals surface area contributed by atoms with Gasteiger partial charge in [0.2, 0.25) is 0 Å². The third-order valence-corrected chi connectivity index (χ3v) is 4.58. The summed E-state index contributed by atoms with van der Waals surface area (Å²) in [5.74, 6) is 0. The Morgan fingerprint density at radius 1 is 1.05 bits per heavy atom. The number of thiophene rings is 1. The zero-order chi connectivity index (χ0) is 14.0. The van der Waals surface area contributed by atoms with Gasteiger partial charge in [-0.2, -0.15) is 0 Å². The molecule has 0 fully saturated rings. The van der Waals surface area contributed by atoms with Gasteiger partial charge < -0.3 is 5.32 Å². The quantitative estimate of drug-likeness (QED) is 0.625. The molecule has 1 aromatic heterocycles. The average Bonchev–Trinajstić information content (AvgIpc) is 3.01. The molecule has 0 saturated carbocycles. The highest BCUT2D eigenvalue weighted by Crippen LogP contribution is 2.23. The van der Waals surface area contributed by atoms with Crippen molar-refractivity contribution in [2.45, 2.75) is 45.1 Å². The Kier molecular flexibility index (Phi) is 6.82. The molecule has 1 atom stereocenters. The van der Waals surface area contributed by atoms with Gasteiger partial charge in [-0.1, -0.05) is 49.7 Å². The Labute approximate surface area is 127 Å². The molecule has 2 heteroatoms. The van der Waals surface area contributed by atoms with E-state index in [1.54, 1.807) is 0 Å². The van der Waals surface area contributed by atoms with Crippen molar-refractivity contribution in [2.75, 3.05) is 6.54 Å².